The van der Waals surface area contributed by atoms with Gasteiger partial charge < -0.3 is 22.9 Å². The van der Waals surface area contributed by atoms with Crippen molar-refractivity contribution in [1.29, 1.82) is 0 Å². The number of carbonyl (C=O) groups excluding carboxylic acids is 4. The average Bonchev–Trinajstić information content (AvgIpc) is 2.83. The number of amides is 8. The number of hydrogen-bond donors (Lipinski definition) is 6. The number of carbonyl (C=O) groups is 4. The van der Waals surface area contributed by atoms with E-state index in [2.05, 4.69) is 41.1 Å². The predicted molar refractivity (Wildman–Crippen MR) is 157 cm³/mol. The minimum absolute atomic E-state index is 0.289. The van der Waals surface area contributed by atoms with Gasteiger partial charge in [-0.1, -0.05) is 94.4 Å². The van der Waals surface area contributed by atoms with E-state index in [1.165, 1.54) is 0 Å². The van der Waals surface area contributed by atoms with E-state index in [9.17, 15) is 19.2 Å². The Morgan fingerprint density at radius 2 is 0.974 bits per heavy atom. The Kier molecular flexibility index (Phi) is 9.21. The molecule has 39 heavy (non-hydrogen) atoms. The minimum Gasteiger partial charge on any atom is -0.351 e. The predicted octanol–water partition coefficient (Wildman–Crippen LogP) is 6.47. The molecule has 202 valence electrons. The summed E-state index contributed by atoms with van der Waals surface area (Å²) in [5.74, 6) is 0. The van der Waals surface area contributed by atoms with Gasteiger partial charge in [0.2, 0.25) is 0 Å². The minimum atomic E-state index is -0.938. The number of primary amides is 4. The van der Waals surface area contributed by atoms with Gasteiger partial charge in [0.25, 0.3) is 0 Å². The summed E-state index contributed by atoms with van der Waals surface area (Å²) in [7, 11) is 0. The fourth-order valence-electron chi connectivity index (χ4n) is 4.00. The lowest BCUT2D eigenvalue weighted by Crippen LogP contribution is -2.38. The number of nitrogens with one attached hydrogen (secondary N) is 2. The molecule has 0 aromatic heterocycles. The molecule has 0 atom stereocenters. The van der Waals surface area contributed by atoms with Gasteiger partial charge in [-0.05, 0) is 33.0 Å². The Labute approximate surface area is 244 Å². The fraction of sp³-hybridized carbons (Fsp3) is 0. The van der Waals surface area contributed by atoms with Gasteiger partial charge in [0.15, 0.2) is 0 Å². The van der Waals surface area contributed by atoms with Crippen LogP contribution in [-0.2, 0) is 0 Å². The first-order chi connectivity index (χ1) is 18.3. The Morgan fingerprint density at radius 3 is 1.44 bits per heavy atom. The lowest BCUT2D eigenvalue weighted by molar-refractivity contribution is 0.235. The number of halogens is 5. The molecule has 0 radical (unpaired) electrons. The van der Waals surface area contributed by atoms with E-state index in [0.29, 0.717) is 25.5 Å². The SMILES string of the molecule is Clc1cc2c3cccc4cccc(c5c(Cl)c(Cl)c(Cl)c(c1Cl)c25)c43.NC(=O)NC(N)=O.NC(=O)NC(N)=O. The van der Waals surface area contributed by atoms with Crippen LogP contribution >= 0.6 is 58.0 Å². The van der Waals surface area contributed by atoms with E-state index in [0.717, 1.165) is 37.7 Å². The third kappa shape index (κ3) is 6.16. The van der Waals surface area contributed by atoms with Gasteiger partial charge in [0.05, 0.1) is 25.1 Å². The van der Waals surface area contributed by atoms with Crippen LogP contribution in [0.25, 0.3) is 43.1 Å². The van der Waals surface area contributed by atoms with Gasteiger partial charge in [-0.15, -0.1) is 0 Å². The second-order valence-electron chi connectivity index (χ2n) is 7.70. The van der Waals surface area contributed by atoms with E-state index in [1.54, 1.807) is 10.6 Å². The molecule has 5 aromatic rings. The van der Waals surface area contributed by atoms with E-state index in [1.807, 2.05) is 24.3 Å². The zero-order chi connectivity index (χ0) is 29.2. The molecule has 0 fully saturated rings. The second kappa shape index (κ2) is 12.0. The monoisotopic (exact) mass is 628 g/mol. The smallest absolute Gasteiger partial charge is 0.320 e. The first kappa shape index (κ1) is 29.9. The van der Waals surface area contributed by atoms with Crippen molar-refractivity contribution in [2.45, 2.75) is 0 Å². The Balaban J connectivity index is 0.000000251. The van der Waals surface area contributed by atoms with Gasteiger partial charge in [-0.3, -0.25) is 10.6 Å². The van der Waals surface area contributed by atoms with Crippen molar-refractivity contribution in [1.82, 2.24) is 10.6 Å². The highest BCUT2D eigenvalue weighted by molar-refractivity contribution is 6.58. The summed E-state index contributed by atoms with van der Waals surface area (Å²) in [6.07, 6.45) is 0. The number of hydrogen-bond acceptors (Lipinski definition) is 4. The molecule has 5 aromatic carbocycles. The molecule has 0 unspecified atom stereocenters. The summed E-state index contributed by atoms with van der Waals surface area (Å²) >= 11 is 32.5. The van der Waals surface area contributed by atoms with Crippen LogP contribution in [0, 0.1) is 0 Å². The number of benzene rings is 5. The Bertz CT molecular complexity index is 1740. The van der Waals surface area contributed by atoms with E-state index >= 15 is 0 Å². The average molecular weight is 631 g/mol. The standard InChI is InChI=1S/C20H7Cl5.2C2H5N3O2/c21-12-7-11-9-5-1-3-8-4-2-6-10(13(8)9)15-14(11)16(17(12)22)19(24)20(25)18(15)23;2*3-1(6)5-2(4)7/h1-7H;2*(H5,3,4,5,6,7). The van der Waals surface area contributed by atoms with Crippen LogP contribution in [0.1, 0.15) is 0 Å². The Hall–Kier alpha value is -3.67. The zero-order valence-electron chi connectivity index (χ0n) is 19.4. The van der Waals surface area contributed by atoms with Crippen LogP contribution in [0.4, 0.5) is 19.2 Å². The van der Waals surface area contributed by atoms with Crippen LogP contribution in [0.2, 0.25) is 25.1 Å². The van der Waals surface area contributed by atoms with Gasteiger partial charge in [-0.2, -0.15) is 0 Å². The first-order valence-corrected chi connectivity index (χ1v) is 12.4. The lowest BCUT2D eigenvalue weighted by Gasteiger charge is -2.18. The van der Waals surface area contributed by atoms with Gasteiger partial charge in [-0.25, -0.2) is 19.2 Å². The maximum Gasteiger partial charge on any atom is 0.320 e. The van der Waals surface area contributed by atoms with Crippen LogP contribution in [0.3, 0.4) is 0 Å². The largest absolute Gasteiger partial charge is 0.351 e. The Morgan fingerprint density at radius 1 is 0.513 bits per heavy atom. The molecule has 0 aliphatic carbocycles. The number of fused-ring (bicyclic) bond motifs is 2. The van der Waals surface area contributed by atoms with Crippen LogP contribution < -0.4 is 33.6 Å². The van der Waals surface area contributed by atoms with Crippen LogP contribution in [-0.4, -0.2) is 24.1 Å². The van der Waals surface area contributed by atoms with Gasteiger partial charge in [0, 0.05) is 16.2 Å². The summed E-state index contributed by atoms with van der Waals surface area (Å²) in [5, 5.41) is 12.7. The zero-order valence-corrected chi connectivity index (χ0v) is 23.2. The molecule has 10 nitrogen and oxygen atoms in total. The molecular formula is C24H17Cl5N6O4. The molecule has 0 saturated carbocycles. The summed E-state index contributed by atoms with van der Waals surface area (Å²) < 4.78 is 0. The van der Waals surface area contributed by atoms with Crippen molar-refractivity contribution in [2.24, 2.45) is 22.9 Å². The third-order valence-corrected chi connectivity index (χ3v) is 7.37. The highest BCUT2D eigenvalue weighted by atomic mass is 35.5. The van der Waals surface area contributed by atoms with E-state index in [-0.39, 0.29) is 5.02 Å². The molecule has 15 heteroatoms. The molecule has 0 bridgehead atoms. The van der Waals surface area contributed by atoms with Crippen molar-refractivity contribution >= 4 is 125 Å². The van der Waals surface area contributed by atoms with Gasteiger partial charge in [0.1, 0.15) is 0 Å². The topological polar surface area (TPSA) is 196 Å². The molecule has 0 saturated heterocycles. The summed E-state index contributed by atoms with van der Waals surface area (Å²) in [6, 6.07) is 10.4. The lowest BCUT2D eigenvalue weighted by atomic mass is 9.90. The van der Waals surface area contributed by atoms with Crippen molar-refractivity contribution < 1.29 is 19.2 Å². The van der Waals surface area contributed by atoms with Gasteiger partial charge >= 0.3 is 24.1 Å². The van der Waals surface area contributed by atoms with Crippen LogP contribution in [0.15, 0.2) is 42.5 Å². The second-order valence-corrected chi connectivity index (χ2v) is 9.62. The quantitative estimate of drug-likeness (QED) is 0.0648. The highest BCUT2D eigenvalue weighted by Gasteiger charge is 2.23. The highest BCUT2D eigenvalue weighted by Crippen LogP contribution is 2.51. The third-order valence-electron chi connectivity index (χ3n) is 5.25. The maximum absolute atomic E-state index is 9.62. The number of nitrogens with two attached hydrogens (primary N) is 4. The molecule has 0 aliphatic heterocycles. The number of imide groups is 2. The summed E-state index contributed by atoms with van der Waals surface area (Å²) in [6.45, 7) is 0. The summed E-state index contributed by atoms with van der Waals surface area (Å²) in [5.41, 5.74) is 17.8. The molecule has 0 aliphatic rings. The molecule has 10 N–H and O–H groups in total. The van der Waals surface area contributed by atoms with Crippen molar-refractivity contribution in [2.75, 3.05) is 0 Å². The van der Waals surface area contributed by atoms with Crippen molar-refractivity contribution in [3.8, 4) is 0 Å². The van der Waals surface area contributed by atoms with Crippen molar-refractivity contribution in [3.05, 3.63) is 67.6 Å². The van der Waals surface area contributed by atoms with E-state index < -0.39 is 24.1 Å². The maximum atomic E-state index is 9.62. The molecule has 8 amide bonds. The van der Waals surface area contributed by atoms with Crippen LogP contribution in [0.5, 0.6) is 0 Å². The summed E-state index contributed by atoms with van der Waals surface area (Å²) in [4.78, 5) is 38.5. The van der Waals surface area contributed by atoms with Crippen molar-refractivity contribution in [3.63, 3.8) is 0 Å². The fourth-order valence-corrected chi connectivity index (χ4v) is 5.31. The van der Waals surface area contributed by atoms with E-state index in [4.69, 9.17) is 58.0 Å². The molecule has 5 rings (SSSR count). The molecular weight excluding hydrogens is 614 g/mol. The number of urea groups is 4. The normalized spacial score (nSPS) is 10.5. The number of rotatable bonds is 0. The molecule has 0 heterocycles. The first-order valence-electron chi connectivity index (χ1n) is 10.5. The molecule has 0 spiro atoms.